The van der Waals surface area contributed by atoms with Crippen LogP contribution in [0.4, 0.5) is 0 Å². The molecule has 21 heavy (non-hydrogen) atoms. The van der Waals surface area contributed by atoms with Crippen molar-refractivity contribution in [2.45, 2.75) is 24.9 Å². The number of carbonyl (C=O) groups excluding carboxylic acids is 2. The Morgan fingerprint density at radius 1 is 1.38 bits per heavy atom. The number of amides is 2. The molecule has 0 unspecified atom stereocenters. The molecule has 2 amide bonds. The highest BCUT2D eigenvalue weighted by atomic mass is 32.2. The summed E-state index contributed by atoms with van der Waals surface area (Å²) in [7, 11) is 0. The normalized spacial score (nSPS) is 10.9. The summed E-state index contributed by atoms with van der Waals surface area (Å²) < 4.78 is 0. The van der Waals surface area contributed by atoms with Crippen molar-refractivity contribution in [3.8, 4) is 0 Å². The third-order valence-electron chi connectivity index (χ3n) is 2.81. The van der Waals surface area contributed by atoms with Gasteiger partial charge in [-0.15, -0.1) is 11.3 Å². The monoisotopic (exact) mass is 326 g/mol. The molecule has 2 rings (SSSR count). The first-order valence-corrected chi connectivity index (χ1v) is 7.94. The van der Waals surface area contributed by atoms with Crippen LogP contribution in [0.2, 0.25) is 0 Å². The second kappa shape index (κ2) is 6.27. The molecule has 2 aromatic rings. The largest absolute Gasteiger partial charge is 0.370 e. The third kappa shape index (κ3) is 3.42. The lowest BCUT2D eigenvalue weighted by atomic mass is 10.2. The maximum Gasteiger partial charge on any atom is 0.260 e. The lowest BCUT2D eigenvalue weighted by molar-refractivity contribution is -0.118. The van der Waals surface area contributed by atoms with Crippen LogP contribution in [0.3, 0.4) is 0 Å². The maximum atomic E-state index is 12.1. The average Bonchev–Trinajstić information content (AvgIpc) is 2.72. The Hall–Kier alpha value is -1.87. The number of nitrogens with two attached hydrogens (primary N) is 2. The van der Waals surface area contributed by atoms with E-state index in [4.69, 9.17) is 11.5 Å². The van der Waals surface area contributed by atoms with Gasteiger partial charge in [0, 0.05) is 12.2 Å². The number of H-pyrrole nitrogens is 1. The quantitative estimate of drug-likeness (QED) is 0.409. The highest BCUT2D eigenvalue weighted by molar-refractivity contribution is 7.99. The molecule has 0 radical (unpaired) electrons. The van der Waals surface area contributed by atoms with E-state index in [-0.39, 0.29) is 11.5 Å². The zero-order chi connectivity index (χ0) is 15.6. The van der Waals surface area contributed by atoms with Crippen LogP contribution in [0.15, 0.2) is 9.95 Å². The summed E-state index contributed by atoms with van der Waals surface area (Å²) in [5, 5.41) is 0.851. The molecule has 5 N–H and O–H groups in total. The Bertz CT molecular complexity index is 766. The molecule has 0 fully saturated rings. The van der Waals surface area contributed by atoms with Gasteiger partial charge in [0.25, 0.3) is 11.5 Å². The number of nitrogens with one attached hydrogen (secondary N) is 1. The molecule has 112 valence electrons. The molecule has 0 aliphatic carbocycles. The summed E-state index contributed by atoms with van der Waals surface area (Å²) in [6, 6.07) is 0. The van der Waals surface area contributed by atoms with Crippen LogP contribution in [0.1, 0.15) is 28.1 Å². The Morgan fingerprint density at radius 2 is 2.10 bits per heavy atom. The summed E-state index contributed by atoms with van der Waals surface area (Å²) in [6.45, 7) is 1.68. The maximum absolute atomic E-state index is 12.1. The minimum absolute atomic E-state index is 0.293. The molecule has 2 heterocycles. The highest BCUT2D eigenvalue weighted by Crippen LogP contribution is 2.27. The van der Waals surface area contributed by atoms with E-state index in [0.29, 0.717) is 44.4 Å². The van der Waals surface area contributed by atoms with Gasteiger partial charge in [-0.25, -0.2) is 4.98 Å². The number of thioether (sulfide) groups is 1. The van der Waals surface area contributed by atoms with Crippen molar-refractivity contribution in [3.63, 3.8) is 0 Å². The summed E-state index contributed by atoms with van der Waals surface area (Å²) in [6.07, 6.45) is 0.904. The summed E-state index contributed by atoms with van der Waals surface area (Å²) >= 11 is 2.44. The number of thiophene rings is 1. The van der Waals surface area contributed by atoms with Crippen LogP contribution in [0.5, 0.6) is 0 Å². The lowest BCUT2D eigenvalue weighted by Gasteiger charge is -2.00. The van der Waals surface area contributed by atoms with E-state index in [9.17, 15) is 14.4 Å². The molecule has 0 aromatic carbocycles. The average molecular weight is 326 g/mol. The number of primary amides is 2. The van der Waals surface area contributed by atoms with Gasteiger partial charge in [0.05, 0.1) is 10.3 Å². The van der Waals surface area contributed by atoms with Crippen LogP contribution in [-0.2, 0) is 4.79 Å². The Morgan fingerprint density at radius 3 is 2.71 bits per heavy atom. The fourth-order valence-electron chi connectivity index (χ4n) is 1.84. The number of aromatic nitrogens is 2. The van der Waals surface area contributed by atoms with Gasteiger partial charge >= 0.3 is 0 Å². The van der Waals surface area contributed by atoms with Gasteiger partial charge in [-0.1, -0.05) is 11.8 Å². The van der Waals surface area contributed by atoms with Gasteiger partial charge in [0.15, 0.2) is 5.16 Å². The van der Waals surface area contributed by atoms with E-state index in [1.807, 2.05) is 0 Å². The Kier molecular flexibility index (Phi) is 4.63. The first-order valence-electron chi connectivity index (χ1n) is 6.14. The summed E-state index contributed by atoms with van der Waals surface area (Å²) in [5.41, 5.74) is 10.6. The van der Waals surface area contributed by atoms with Crippen molar-refractivity contribution in [1.82, 2.24) is 9.97 Å². The molecule has 9 heteroatoms. The minimum Gasteiger partial charge on any atom is -0.370 e. The van der Waals surface area contributed by atoms with Crippen LogP contribution in [0, 0.1) is 6.92 Å². The third-order valence-corrected chi connectivity index (χ3v) is 4.97. The minimum atomic E-state index is -0.564. The lowest BCUT2D eigenvalue weighted by Crippen LogP contribution is -2.12. The highest BCUT2D eigenvalue weighted by Gasteiger charge is 2.17. The fourth-order valence-corrected chi connectivity index (χ4v) is 3.74. The van der Waals surface area contributed by atoms with Gasteiger partial charge in [-0.3, -0.25) is 14.4 Å². The van der Waals surface area contributed by atoms with Gasteiger partial charge in [0.2, 0.25) is 5.91 Å². The number of fused-ring (bicyclic) bond motifs is 1. The fraction of sp³-hybridized carbons (Fsp3) is 0.333. The first-order chi connectivity index (χ1) is 9.90. The predicted molar refractivity (Wildman–Crippen MR) is 82.6 cm³/mol. The number of rotatable bonds is 6. The van der Waals surface area contributed by atoms with Crippen molar-refractivity contribution >= 4 is 45.1 Å². The predicted octanol–water partition coefficient (Wildman–Crippen LogP) is 0.750. The van der Waals surface area contributed by atoms with E-state index >= 15 is 0 Å². The number of carbonyl (C=O) groups is 2. The zero-order valence-electron chi connectivity index (χ0n) is 11.3. The molecule has 0 atom stereocenters. The van der Waals surface area contributed by atoms with E-state index in [1.54, 1.807) is 6.92 Å². The number of nitrogens with zero attached hydrogens (tertiary/aromatic N) is 1. The second-order valence-electron chi connectivity index (χ2n) is 4.39. The van der Waals surface area contributed by atoms with Crippen LogP contribution in [0.25, 0.3) is 10.2 Å². The Labute approximate surface area is 128 Å². The molecule has 0 bridgehead atoms. The first kappa shape index (κ1) is 15.5. The van der Waals surface area contributed by atoms with Crippen molar-refractivity contribution in [1.29, 1.82) is 0 Å². The molecule has 0 spiro atoms. The van der Waals surface area contributed by atoms with E-state index in [1.165, 1.54) is 11.8 Å². The molecule has 0 aliphatic rings. The number of hydrogen-bond donors (Lipinski definition) is 3. The number of aromatic amines is 1. The smallest absolute Gasteiger partial charge is 0.260 e. The van der Waals surface area contributed by atoms with Crippen molar-refractivity contribution in [3.05, 3.63) is 20.8 Å². The van der Waals surface area contributed by atoms with E-state index < -0.39 is 5.91 Å². The summed E-state index contributed by atoms with van der Waals surface area (Å²) in [5.74, 6) is -0.303. The molecule has 0 aliphatic heterocycles. The van der Waals surface area contributed by atoms with E-state index in [2.05, 4.69) is 9.97 Å². The molecular formula is C12H14N4O3S2. The number of aryl methyl sites for hydroxylation is 1. The topological polar surface area (TPSA) is 132 Å². The van der Waals surface area contributed by atoms with Gasteiger partial charge in [-0.2, -0.15) is 0 Å². The molecule has 7 nitrogen and oxygen atoms in total. The van der Waals surface area contributed by atoms with Crippen molar-refractivity contribution in [2.24, 2.45) is 11.5 Å². The van der Waals surface area contributed by atoms with Gasteiger partial charge in [-0.05, 0) is 18.9 Å². The number of hydrogen-bond acceptors (Lipinski definition) is 6. The molecule has 2 aromatic heterocycles. The second-order valence-corrected chi connectivity index (χ2v) is 6.47. The van der Waals surface area contributed by atoms with Gasteiger partial charge in [0.1, 0.15) is 4.83 Å². The SMILES string of the molecule is Cc1c(C(N)=O)sc2nc(SCCCC(N)=O)[nH]c(=O)c12. The van der Waals surface area contributed by atoms with Crippen LogP contribution < -0.4 is 17.0 Å². The van der Waals surface area contributed by atoms with Crippen molar-refractivity contribution in [2.75, 3.05) is 5.75 Å². The Balaban J connectivity index is 2.26. The molecule has 0 saturated heterocycles. The van der Waals surface area contributed by atoms with Crippen molar-refractivity contribution < 1.29 is 9.59 Å². The van der Waals surface area contributed by atoms with Crippen LogP contribution in [-0.4, -0.2) is 27.5 Å². The molecular weight excluding hydrogens is 312 g/mol. The van der Waals surface area contributed by atoms with E-state index in [0.717, 1.165) is 11.3 Å². The molecule has 0 saturated carbocycles. The summed E-state index contributed by atoms with van der Waals surface area (Å²) in [4.78, 5) is 41.8. The zero-order valence-corrected chi connectivity index (χ0v) is 12.9. The standard InChI is InChI=1S/C12H14N4O3S2/c1-5-7-10(19)15-12(20-4-2-3-6(13)17)16-11(7)21-8(5)9(14)18/h2-4H2,1H3,(H2,13,17)(H2,14,18)(H,15,16,19). The van der Waals surface area contributed by atoms with Crippen LogP contribution >= 0.6 is 23.1 Å². The van der Waals surface area contributed by atoms with Gasteiger partial charge < -0.3 is 16.5 Å².